The van der Waals surface area contributed by atoms with E-state index in [4.69, 9.17) is 10.5 Å². The Hall–Kier alpha value is -0.220. The van der Waals surface area contributed by atoms with E-state index in [1.807, 2.05) is 13.8 Å². The van der Waals surface area contributed by atoms with Gasteiger partial charge in [0.1, 0.15) is 0 Å². The number of hydrogen-bond donors (Lipinski definition) is 1. The average molecular weight is 174 g/mol. The lowest BCUT2D eigenvalue weighted by atomic mass is 10.4. The van der Waals surface area contributed by atoms with Crippen LogP contribution >= 0.6 is 11.8 Å². The normalized spacial score (nSPS) is 25.4. The van der Waals surface area contributed by atoms with Crippen LogP contribution < -0.4 is 5.73 Å². The zero-order chi connectivity index (χ0) is 8.27. The first-order valence-electron chi connectivity index (χ1n) is 3.80. The van der Waals surface area contributed by atoms with Crippen LogP contribution in [0.5, 0.6) is 0 Å². The molecule has 2 N–H and O–H groups in total. The third kappa shape index (κ3) is 3.12. The van der Waals surface area contributed by atoms with Crippen molar-refractivity contribution in [2.75, 3.05) is 5.75 Å². The van der Waals surface area contributed by atoms with Crippen molar-refractivity contribution in [3.8, 4) is 0 Å². The molecule has 1 atom stereocenters. The van der Waals surface area contributed by atoms with Crippen LogP contribution in [0, 0.1) is 0 Å². The zero-order valence-electron chi connectivity index (χ0n) is 6.91. The van der Waals surface area contributed by atoms with Gasteiger partial charge in [0.2, 0.25) is 0 Å². The number of aliphatic imine (C=N–C) groups is 1. The molecular weight excluding hydrogens is 160 g/mol. The molecule has 0 aromatic heterocycles. The van der Waals surface area contributed by atoms with Crippen LogP contribution in [0.15, 0.2) is 4.99 Å². The summed E-state index contributed by atoms with van der Waals surface area (Å²) in [7, 11) is 0. The van der Waals surface area contributed by atoms with Crippen molar-refractivity contribution in [3.05, 3.63) is 0 Å². The first kappa shape index (κ1) is 8.87. The van der Waals surface area contributed by atoms with Gasteiger partial charge in [0, 0.05) is 12.2 Å². The Morgan fingerprint density at radius 3 is 3.00 bits per heavy atom. The Kier molecular flexibility index (Phi) is 3.20. The van der Waals surface area contributed by atoms with Gasteiger partial charge in [-0.2, -0.15) is 0 Å². The minimum absolute atomic E-state index is 0.00347. The summed E-state index contributed by atoms with van der Waals surface area (Å²) in [6.07, 6.45) is 1.21. The second-order valence-corrected chi connectivity index (χ2v) is 3.86. The van der Waals surface area contributed by atoms with Crippen LogP contribution in [-0.4, -0.2) is 23.3 Å². The van der Waals surface area contributed by atoms with E-state index in [1.54, 1.807) is 11.8 Å². The number of hydrogen-bond acceptors (Lipinski definition) is 4. The second-order valence-electron chi connectivity index (χ2n) is 2.74. The topological polar surface area (TPSA) is 47.6 Å². The molecule has 0 amide bonds. The molecule has 1 aliphatic rings. The number of rotatable bonds is 2. The van der Waals surface area contributed by atoms with Crippen LogP contribution in [0.25, 0.3) is 0 Å². The van der Waals surface area contributed by atoms with E-state index >= 15 is 0 Å². The number of amidine groups is 1. The van der Waals surface area contributed by atoms with Crippen molar-refractivity contribution in [2.45, 2.75) is 32.6 Å². The summed E-state index contributed by atoms with van der Waals surface area (Å²) < 4.78 is 5.48. The lowest BCUT2D eigenvalue weighted by Gasteiger charge is -2.20. The van der Waals surface area contributed by atoms with Crippen molar-refractivity contribution in [2.24, 2.45) is 10.7 Å². The molecule has 11 heavy (non-hydrogen) atoms. The Labute approximate surface area is 71.4 Å². The average Bonchev–Trinajstić information content (AvgIpc) is 1.85. The lowest BCUT2D eigenvalue weighted by molar-refractivity contribution is 0.0118. The largest absolute Gasteiger partial charge is 0.378 e. The molecule has 0 radical (unpaired) electrons. The summed E-state index contributed by atoms with van der Waals surface area (Å²) in [5.41, 5.74) is 5.53. The van der Waals surface area contributed by atoms with Gasteiger partial charge >= 0.3 is 0 Å². The minimum Gasteiger partial charge on any atom is -0.378 e. The molecule has 1 aliphatic heterocycles. The molecule has 0 spiro atoms. The van der Waals surface area contributed by atoms with E-state index in [0.29, 0.717) is 5.17 Å². The quantitative estimate of drug-likeness (QED) is 0.684. The highest BCUT2D eigenvalue weighted by molar-refractivity contribution is 8.13. The Balaban J connectivity index is 2.39. The smallest absolute Gasteiger partial charge is 0.156 e. The van der Waals surface area contributed by atoms with Gasteiger partial charge in [-0.05, 0) is 13.8 Å². The summed E-state index contributed by atoms with van der Waals surface area (Å²) in [4.78, 5) is 4.16. The van der Waals surface area contributed by atoms with Gasteiger partial charge in [0.05, 0.1) is 6.10 Å². The predicted octanol–water partition coefficient (Wildman–Crippen LogP) is 1.19. The first-order valence-corrected chi connectivity index (χ1v) is 4.78. The predicted molar refractivity (Wildman–Crippen MR) is 48.7 cm³/mol. The van der Waals surface area contributed by atoms with E-state index in [1.165, 1.54) is 0 Å². The molecule has 1 heterocycles. The fourth-order valence-electron chi connectivity index (χ4n) is 0.921. The fourth-order valence-corrected chi connectivity index (χ4v) is 1.64. The van der Waals surface area contributed by atoms with E-state index in [0.717, 1.165) is 12.2 Å². The lowest BCUT2D eigenvalue weighted by Crippen LogP contribution is -2.24. The highest BCUT2D eigenvalue weighted by Gasteiger charge is 2.14. The van der Waals surface area contributed by atoms with Gasteiger partial charge in [-0.1, -0.05) is 11.8 Å². The molecule has 0 saturated carbocycles. The molecule has 4 heteroatoms. The number of ether oxygens (including phenoxy) is 1. The van der Waals surface area contributed by atoms with Gasteiger partial charge in [0.15, 0.2) is 11.4 Å². The minimum atomic E-state index is -0.00347. The monoisotopic (exact) mass is 174 g/mol. The van der Waals surface area contributed by atoms with Crippen molar-refractivity contribution >= 4 is 16.9 Å². The molecule has 1 unspecified atom stereocenters. The maximum atomic E-state index is 5.53. The van der Waals surface area contributed by atoms with Crippen LogP contribution in [0.4, 0.5) is 0 Å². The third-order valence-electron chi connectivity index (χ3n) is 1.32. The summed E-state index contributed by atoms with van der Waals surface area (Å²) in [6.45, 7) is 4.01. The van der Waals surface area contributed by atoms with Crippen molar-refractivity contribution < 1.29 is 4.74 Å². The third-order valence-corrected chi connectivity index (χ3v) is 2.16. The highest BCUT2D eigenvalue weighted by Crippen LogP contribution is 2.16. The highest BCUT2D eigenvalue weighted by atomic mass is 32.2. The van der Waals surface area contributed by atoms with Crippen LogP contribution in [0.1, 0.15) is 20.3 Å². The van der Waals surface area contributed by atoms with Crippen molar-refractivity contribution in [3.63, 3.8) is 0 Å². The Morgan fingerprint density at radius 2 is 2.45 bits per heavy atom. The fraction of sp³-hybridized carbons (Fsp3) is 0.857. The molecular formula is C7H14N2OS. The molecule has 0 aliphatic carbocycles. The Bertz CT molecular complexity index is 159. The maximum Gasteiger partial charge on any atom is 0.156 e. The Morgan fingerprint density at radius 1 is 1.73 bits per heavy atom. The van der Waals surface area contributed by atoms with Crippen LogP contribution in [0.3, 0.4) is 0 Å². The van der Waals surface area contributed by atoms with Gasteiger partial charge < -0.3 is 10.5 Å². The zero-order valence-corrected chi connectivity index (χ0v) is 7.73. The van der Waals surface area contributed by atoms with Crippen LogP contribution in [0.2, 0.25) is 0 Å². The molecule has 1 rings (SSSR count). The second kappa shape index (κ2) is 3.97. The maximum absolute atomic E-state index is 5.53. The van der Waals surface area contributed by atoms with Crippen molar-refractivity contribution in [1.82, 2.24) is 0 Å². The standard InChI is InChI=1S/C7H14N2OS/c1-5(2)10-6-3-4-11-7(8)9-6/h5-6H,3-4H2,1-2H3,(H2,8,9). The summed E-state index contributed by atoms with van der Waals surface area (Å²) in [5.74, 6) is 1.02. The van der Waals surface area contributed by atoms with E-state index in [9.17, 15) is 0 Å². The molecule has 0 fully saturated rings. The molecule has 3 nitrogen and oxygen atoms in total. The number of thioether (sulfide) groups is 1. The van der Waals surface area contributed by atoms with E-state index in [-0.39, 0.29) is 12.3 Å². The van der Waals surface area contributed by atoms with E-state index in [2.05, 4.69) is 4.99 Å². The molecule has 0 bridgehead atoms. The van der Waals surface area contributed by atoms with Gasteiger partial charge in [-0.15, -0.1) is 0 Å². The number of nitrogens with two attached hydrogens (primary N) is 1. The van der Waals surface area contributed by atoms with Crippen LogP contribution in [-0.2, 0) is 4.74 Å². The molecule has 64 valence electrons. The van der Waals surface area contributed by atoms with Gasteiger partial charge in [-0.3, -0.25) is 0 Å². The molecule has 0 saturated heterocycles. The number of nitrogens with zero attached hydrogens (tertiary/aromatic N) is 1. The molecule has 0 aromatic rings. The summed E-state index contributed by atoms with van der Waals surface area (Å²) in [6, 6.07) is 0. The van der Waals surface area contributed by atoms with Gasteiger partial charge in [-0.25, -0.2) is 4.99 Å². The first-order chi connectivity index (χ1) is 5.18. The SMILES string of the molecule is CC(C)OC1CCSC(N)=N1. The summed E-state index contributed by atoms with van der Waals surface area (Å²) in [5, 5.41) is 0.655. The van der Waals surface area contributed by atoms with E-state index < -0.39 is 0 Å². The van der Waals surface area contributed by atoms with Crippen molar-refractivity contribution in [1.29, 1.82) is 0 Å². The molecule has 0 aromatic carbocycles. The van der Waals surface area contributed by atoms with Gasteiger partial charge in [0.25, 0.3) is 0 Å². The summed E-state index contributed by atoms with van der Waals surface area (Å²) >= 11 is 1.60.